The maximum Gasteiger partial charge on any atom is 0.338 e. The highest BCUT2D eigenvalue weighted by Gasteiger charge is 2.18. The molecule has 0 saturated carbocycles. The summed E-state index contributed by atoms with van der Waals surface area (Å²) in [5.41, 5.74) is 0.279. The van der Waals surface area contributed by atoms with Gasteiger partial charge in [-0.05, 0) is 36.4 Å². The summed E-state index contributed by atoms with van der Waals surface area (Å²) < 4.78 is 15.6. The molecule has 1 heterocycles. The SMILES string of the molecule is COc1ccc(-c2nnc(COC(=O)c3ccc(Cl)c([N+](=O)[O-])c3)o2)cc1. The highest BCUT2D eigenvalue weighted by atomic mass is 35.5. The molecule has 0 saturated heterocycles. The number of methoxy groups -OCH3 is 1. The second-order valence-corrected chi connectivity index (χ2v) is 5.64. The summed E-state index contributed by atoms with van der Waals surface area (Å²) in [6.07, 6.45) is 0. The summed E-state index contributed by atoms with van der Waals surface area (Å²) in [5.74, 6) is 0.243. The number of benzene rings is 2. The van der Waals surface area contributed by atoms with E-state index in [2.05, 4.69) is 10.2 Å². The molecule has 0 unspecified atom stereocenters. The first-order valence-electron chi connectivity index (χ1n) is 7.56. The van der Waals surface area contributed by atoms with Gasteiger partial charge in [-0.25, -0.2) is 4.79 Å². The summed E-state index contributed by atoms with van der Waals surface area (Å²) in [5, 5.41) is 18.5. The van der Waals surface area contributed by atoms with Crippen molar-refractivity contribution in [1.29, 1.82) is 0 Å². The molecule has 0 fully saturated rings. The molecule has 0 aliphatic carbocycles. The molecule has 0 bridgehead atoms. The lowest BCUT2D eigenvalue weighted by Crippen LogP contribution is -2.06. The number of esters is 1. The van der Waals surface area contributed by atoms with E-state index in [9.17, 15) is 14.9 Å². The van der Waals surface area contributed by atoms with E-state index in [0.29, 0.717) is 11.3 Å². The van der Waals surface area contributed by atoms with E-state index in [-0.39, 0.29) is 34.7 Å². The molecule has 0 aliphatic heterocycles. The van der Waals surface area contributed by atoms with Crippen LogP contribution in [0.5, 0.6) is 5.75 Å². The van der Waals surface area contributed by atoms with Crippen molar-refractivity contribution in [1.82, 2.24) is 10.2 Å². The third kappa shape index (κ3) is 4.21. The normalized spacial score (nSPS) is 10.4. The maximum absolute atomic E-state index is 12.1. The van der Waals surface area contributed by atoms with Crippen LogP contribution in [0.4, 0.5) is 5.69 Å². The Labute approximate surface area is 157 Å². The topological polar surface area (TPSA) is 118 Å². The molecule has 1 aromatic heterocycles. The highest BCUT2D eigenvalue weighted by Crippen LogP contribution is 2.26. The number of nitro benzene ring substituents is 1. The summed E-state index contributed by atoms with van der Waals surface area (Å²) in [7, 11) is 1.56. The molecule has 0 atom stereocenters. The molecule has 9 nitrogen and oxygen atoms in total. The number of hydrogen-bond acceptors (Lipinski definition) is 8. The van der Waals surface area contributed by atoms with Crippen LogP contribution in [0.1, 0.15) is 16.2 Å². The van der Waals surface area contributed by atoms with Crippen molar-refractivity contribution in [3.8, 4) is 17.2 Å². The van der Waals surface area contributed by atoms with Gasteiger partial charge in [-0.2, -0.15) is 0 Å². The van der Waals surface area contributed by atoms with Gasteiger partial charge < -0.3 is 13.9 Å². The van der Waals surface area contributed by atoms with Crippen LogP contribution in [-0.4, -0.2) is 28.2 Å². The standard InChI is InChI=1S/C17H12ClN3O6/c1-25-12-5-2-10(3-6-12)16-20-19-15(27-16)9-26-17(22)11-4-7-13(18)14(8-11)21(23)24/h2-8H,9H2,1H3. The van der Waals surface area contributed by atoms with Crippen molar-refractivity contribution in [3.05, 3.63) is 69.1 Å². The average Bonchev–Trinajstić information content (AvgIpc) is 3.15. The minimum atomic E-state index is -0.779. The fourth-order valence-electron chi connectivity index (χ4n) is 2.15. The quantitative estimate of drug-likeness (QED) is 0.356. The number of nitro groups is 1. The van der Waals surface area contributed by atoms with E-state index in [0.717, 1.165) is 6.07 Å². The highest BCUT2D eigenvalue weighted by molar-refractivity contribution is 6.32. The van der Waals surface area contributed by atoms with Gasteiger partial charge in [-0.15, -0.1) is 10.2 Å². The molecule has 0 spiro atoms. The number of halogens is 1. The zero-order chi connectivity index (χ0) is 19.4. The monoisotopic (exact) mass is 389 g/mol. The van der Waals surface area contributed by atoms with Crippen LogP contribution in [0.15, 0.2) is 46.9 Å². The van der Waals surface area contributed by atoms with Crippen molar-refractivity contribution in [2.75, 3.05) is 7.11 Å². The van der Waals surface area contributed by atoms with Gasteiger partial charge in [0.05, 0.1) is 17.6 Å². The third-order valence-electron chi connectivity index (χ3n) is 3.51. The predicted molar refractivity (Wildman–Crippen MR) is 93.5 cm³/mol. The Balaban J connectivity index is 1.67. The fraction of sp³-hybridized carbons (Fsp3) is 0.118. The third-order valence-corrected chi connectivity index (χ3v) is 3.83. The molecule has 0 radical (unpaired) electrons. The molecule has 0 amide bonds. The Morgan fingerprint density at radius 1 is 1.22 bits per heavy atom. The average molecular weight is 390 g/mol. The van der Waals surface area contributed by atoms with Crippen LogP contribution in [0.25, 0.3) is 11.5 Å². The number of rotatable bonds is 6. The number of ether oxygens (including phenoxy) is 2. The van der Waals surface area contributed by atoms with Crippen molar-refractivity contribution < 1.29 is 23.6 Å². The van der Waals surface area contributed by atoms with E-state index in [1.807, 2.05) is 0 Å². The van der Waals surface area contributed by atoms with Crippen LogP contribution >= 0.6 is 11.6 Å². The number of carbonyl (C=O) groups excluding carboxylic acids is 1. The van der Waals surface area contributed by atoms with Crippen molar-refractivity contribution in [2.45, 2.75) is 6.61 Å². The van der Waals surface area contributed by atoms with Crippen LogP contribution in [0, 0.1) is 10.1 Å². The van der Waals surface area contributed by atoms with Crippen LogP contribution in [-0.2, 0) is 11.3 Å². The lowest BCUT2D eigenvalue weighted by molar-refractivity contribution is -0.384. The zero-order valence-corrected chi connectivity index (χ0v) is 14.7. The van der Waals surface area contributed by atoms with Crippen molar-refractivity contribution >= 4 is 23.3 Å². The molecule has 0 N–H and O–H groups in total. The first kappa shape index (κ1) is 18.3. The fourth-order valence-corrected chi connectivity index (χ4v) is 2.34. The second kappa shape index (κ2) is 7.83. The van der Waals surface area contributed by atoms with Gasteiger partial charge >= 0.3 is 5.97 Å². The second-order valence-electron chi connectivity index (χ2n) is 5.23. The molecule has 2 aromatic carbocycles. The minimum Gasteiger partial charge on any atom is -0.497 e. The predicted octanol–water partition coefficient (Wildman–Crippen LogP) is 3.66. The van der Waals surface area contributed by atoms with E-state index in [1.165, 1.54) is 12.1 Å². The smallest absolute Gasteiger partial charge is 0.338 e. The summed E-state index contributed by atoms with van der Waals surface area (Å²) in [6.45, 7) is -0.279. The van der Waals surface area contributed by atoms with Crippen molar-refractivity contribution in [3.63, 3.8) is 0 Å². The Kier molecular flexibility index (Phi) is 5.32. The maximum atomic E-state index is 12.1. The largest absolute Gasteiger partial charge is 0.497 e. The van der Waals surface area contributed by atoms with Crippen molar-refractivity contribution in [2.24, 2.45) is 0 Å². The molecule has 10 heteroatoms. The number of carbonyl (C=O) groups is 1. The lowest BCUT2D eigenvalue weighted by Gasteiger charge is -2.03. The first-order chi connectivity index (χ1) is 13.0. The first-order valence-corrected chi connectivity index (χ1v) is 7.93. The molecule has 0 aliphatic rings. The molecule has 27 heavy (non-hydrogen) atoms. The molecule has 138 valence electrons. The summed E-state index contributed by atoms with van der Waals surface area (Å²) in [6, 6.07) is 10.6. The van der Waals surface area contributed by atoms with Crippen LogP contribution in [0.2, 0.25) is 5.02 Å². The zero-order valence-electron chi connectivity index (χ0n) is 13.9. The molecular weight excluding hydrogens is 378 g/mol. The Hall–Kier alpha value is -3.46. The van der Waals surface area contributed by atoms with Gasteiger partial charge in [0.15, 0.2) is 6.61 Å². The van der Waals surface area contributed by atoms with Gasteiger partial charge in [0.2, 0.25) is 5.89 Å². The van der Waals surface area contributed by atoms with Gasteiger partial charge in [-0.3, -0.25) is 10.1 Å². The van der Waals surface area contributed by atoms with E-state index in [4.69, 9.17) is 25.5 Å². The van der Waals surface area contributed by atoms with E-state index in [1.54, 1.807) is 31.4 Å². The Morgan fingerprint density at radius 2 is 1.96 bits per heavy atom. The summed E-state index contributed by atoms with van der Waals surface area (Å²) in [4.78, 5) is 22.3. The van der Waals surface area contributed by atoms with Crippen LogP contribution in [0.3, 0.4) is 0 Å². The number of hydrogen-bond donors (Lipinski definition) is 0. The molecule has 3 rings (SSSR count). The van der Waals surface area contributed by atoms with Gasteiger partial charge in [0.25, 0.3) is 11.6 Å². The Morgan fingerprint density at radius 3 is 2.63 bits per heavy atom. The minimum absolute atomic E-state index is 0.0130. The number of nitrogens with zero attached hydrogens (tertiary/aromatic N) is 3. The van der Waals surface area contributed by atoms with Gasteiger partial charge in [-0.1, -0.05) is 11.6 Å². The van der Waals surface area contributed by atoms with Gasteiger partial charge in [0, 0.05) is 11.6 Å². The van der Waals surface area contributed by atoms with Gasteiger partial charge in [0.1, 0.15) is 10.8 Å². The summed E-state index contributed by atoms with van der Waals surface area (Å²) >= 11 is 5.71. The Bertz CT molecular complexity index is 987. The van der Waals surface area contributed by atoms with E-state index < -0.39 is 10.9 Å². The van der Waals surface area contributed by atoms with Crippen LogP contribution < -0.4 is 4.74 Å². The van der Waals surface area contributed by atoms with E-state index >= 15 is 0 Å². The molecule has 3 aromatic rings. The molecular formula is C17H12ClN3O6. The lowest BCUT2D eigenvalue weighted by atomic mass is 10.2. The number of aromatic nitrogens is 2.